The maximum Gasteiger partial charge on any atom is 0.236 e. The molecular weight excluding hydrogens is 240 g/mol. The van der Waals surface area contributed by atoms with Crippen LogP contribution in [0.25, 0.3) is 0 Å². The molecule has 0 heterocycles. The number of ether oxygens (including phenoxy) is 1. The molecule has 2 aliphatic carbocycles. The van der Waals surface area contributed by atoms with Gasteiger partial charge < -0.3 is 15.0 Å². The van der Waals surface area contributed by atoms with E-state index >= 15 is 0 Å². The molecule has 4 heteroatoms. The average Bonchev–Trinajstić information content (AvgIpc) is 3.17. The fourth-order valence-electron chi connectivity index (χ4n) is 3.01. The number of carbonyl (C=O) groups excluding carboxylic acids is 1. The fourth-order valence-corrected chi connectivity index (χ4v) is 3.01. The van der Waals surface area contributed by atoms with Crippen LogP contribution in [0.15, 0.2) is 0 Å². The summed E-state index contributed by atoms with van der Waals surface area (Å²) in [6.45, 7) is 8.64. The highest BCUT2D eigenvalue weighted by atomic mass is 16.5. The van der Waals surface area contributed by atoms with Crippen molar-refractivity contribution in [2.75, 3.05) is 26.7 Å². The first-order chi connectivity index (χ1) is 8.96. The van der Waals surface area contributed by atoms with E-state index in [1.165, 1.54) is 12.8 Å². The molecule has 2 saturated carbocycles. The Labute approximate surface area is 116 Å². The van der Waals surface area contributed by atoms with E-state index in [4.69, 9.17) is 4.74 Å². The lowest BCUT2D eigenvalue weighted by atomic mass is 9.64. The van der Waals surface area contributed by atoms with Gasteiger partial charge in [-0.2, -0.15) is 0 Å². The zero-order valence-electron chi connectivity index (χ0n) is 12.7. The molecule has 1 N–H and O–H groups in total. The summed E-state index contributed by atoms with van der Waals surface area (Å²) in [5.41, 5.74) is 0.0664. The molecule has 0 aromatic carbocycles. The lowest BCUT2D eigenvalue weighted by Gasteiger charge is -2.54. The van der Waals surface area contributed by atoms with Crippen molar-refractivity contribution in [1.82, 2.24) is 10.2 Å². The molecule has 0 aromatic heterocycles. The Morgan fingerprint density at radius 2 is 2.11 bits per heavy atom. The van der Waals surface area contributed by atoms with Crippen LogP contribution in [0.1, 0.15) is 40.0 Å². The summed E-state index contributed by atoms with van der Waals surface area (Å²) in [5, 5.41) is 3.27. The molecule has 1 amide bonds. The Hall–Kier alpha value is -0.610. The van der Waals surface area contributed by atoms with E-state index < -0.39 is 0 Å². The second kappa shape index (κ2) is 5.80. The third-order valence-corrected chi connectivity index (χ3v) is 4.76. The van der Waals surface area contributed by atoms with Crippen molar-refractivity contribution in [1.29, 1.82) is 0 Å². The molecule has 110 valence electrons. The summed E-state index contributed by atoms with van der Waals surface area (Å²) in [7, 11) is 1.93. The van der Waals surface area contributed by atoms with Crippen LogP contribution in [-0.2, 0) is 9.53 Å². The number of nitrogens with one attached hydrogen (secondary N) is 1. The minimum absolute atomic E-state index is 0.0664. The molecule has 19 heavy (non-hydrogen) atoms. The molecule has 2 rings (SSSR count). The van der Waals surface area contributed by atoms with Gasteiger partial charge in [0, 0.05) is 25.1 Å². The van der Waals surface area contributed by atoms with Crippen LogP contribution in [0, 0.1) is 11.3 Å². The van der Waals surface area contributed by atoms with Gasteiger partial charge in [-0.3, -0.25) is 4.79 Å². The quantitative estimate of drug-likeness (QED) is 0.763. The van der Waals surface area contributed by atoms with Crippen LogP contribution in [0.4, 0.5) is 0 Å². The first-order valence-electron chi connectivity index (χ1n) is 7.54. The van der Waals surface area contributed by atoms with E-state index in [-0.39, 0.29) is 17.4 Å². The Kier molecular flexibility index (Phi) is 4.51. The molecular formula is C15H28N2O2. The monoisotopic (exact) mass is 268 g/mol. The van der Waals surface area contributed by atoms with Gasteiger partial charge in [-0.15, -0.1) is 0 Å². The lowest BCUT2D eigenvalue weighted by Crippen LogP contribution is -2.63. The summed E-state index contributed by atoms with van der Waals surface area (Å²) in [5.74, 6) is 1.02. The molecule has 4 nitrogen and oxygen atoms in total. The SMILES string of the molecule is CCOC1CC(N(C)C(=O)CNCC2CC2)C1(C)C. The van der Waals surface area contributed by atoms with Gasteiger partial charge in [0.1, 0.15) is 0 Å². The zero-order valence-corrected chi connectivity index (χ0v) is 12.7. The van der Waals surface area contributed by atoms with Crippen molar-refractivity contribution >= 4 is 5.91 Å². The number of nitrogens with zero attached hydrogens (tertiary/aromatic N) is 1. The maximum absolute atomic E-state index is 12.2. The number of rotatable bonds is 7. The molecule has 0 aromatic rings. The van der Waals surface area contributed by atoms with E-state index in [0.717, 1.165) is 25.5 Å². The Balaban J connectivity index is 1.75. The lowest BCUT2D eigenvalue weighted by molar-refractivity contribution is -0.162. The second-order valence-electron chi connectivity index (χ2n) is 6.60. The van der Waals surface area contributed by atoms with Crippen molar-refractivity contribution in [2.45, 2.75) is 52.2 Å². The first kappa shape index (κ1) is 14.8. The molecule has 0 bridgehead atoms. The van der Waals surface area contributed by atoms with E-state index in [1.807, 2.05) is 18.9 Å². The predicted molar refractivity (Wildman–Crippen MR) is 76.0 cm³/mol. The second-order valence-corrected chi connectivity index (χ2v) is 6.60. The number of carbonyl (C=O) groups is 1. The number of hydrogen-bond donors (Lipinski definition) is 1. The highest BCUT2D eigenvalue weighted by Crippen LogP contribution is 2.45. The first-order valence-corrected chi connectivity index (χ1v) is 7.54. The van der Waals surface area contributed by atoms with Gasteiger partial charge in [-0.05, 0) is 38.6 Å². The molecule has 2 fully saturated rings. The Bertz CT molecular complexity index is 326. The minimum Gasteiger partial charge on any atom is -0.378 e. The zero-order chi connectivity index (χ0) is 14.0. The van der Waals surface area contributed by atoms with Crippen molar-refractivity contribution in [3.8, 4) is 0 Å². The van der Waals surface area contributed by atoms with E-state index in [0.29, 0.717) is 12.6 Å². The molecule has 2 unspecified atom stereocenters. The van der Waals surface area contributed by atoms with Crippen LogP contribution < -0.4 is 5.32 Å². The average molecular weight is 268 g/mol. The molecule has 0 saturated heterocycles. The standard InChI is InChI=1S/C15H28N2O2/c1-5-19-13-8-12(15(13,2)3)17(4)14(18)10-16-9-11-6-7-11/h11-13,16H,5-10H2,1-4H3. The maximum atomic E-state index is 12.2. The molecule has 2 aliphatic rings. The van der Waals surface area contributed by atoms with Crippen LogP contribution in [0.2, 0.25) is 0 Å². The highest BCUT2D eigenvalue weighted by molar-refractivity contribution is 5.78. The summed E-state index contributed by atoms with van der Waals surface area (Å²) < 4.78 is 5.72. The topological polar surface area (TPSA) is 41.6 Å². The van der Waals surface area contributed by atoms with E-state index in [1.54, 1.807) is 0 Å². The molecule has 0 spiro atoms. The Morgan fingerprint density at radius 1 is 1.42 bits per heavy atom. The van der Waals surface area contributed by atoms with Gasteiger partial charge >= 0.3 is 0 Å². The normalized spacial score (nSPS) is 28.8. The molecule has 0 aliphatic heterocycles. The van der Waals surface area contributed by atoms with Crippen molar-refractivity contribution in [2.24, 2.45) is 11.3 Å². The highest BCUT2D eigenvalue weighted by Gasteiger charge is 2.51. The van der Waals surface area contributed by atoms with Crippen molar-refractivity contribution < 1.29 is 9.53 Å². The van der Waals surface area contributed by atoms with Crippen LogP contribution in [0.3, 0.4) is 0 Å². The number of likely N-dealkylation sites (N-methyl/N-ethyl adjacent to an activating group) is 1. The Morgan fingerprint density at radius 3 is 2.63 bits per heavy atom. The van der Waals surface area contributed by atoms with E-state index in [9.17, 15) is 4.79 Å². The fraction of sp³-hybridized carbons (Fsp3) is 0.933. The molecule has 0 radical (unpaired) electrons. The summed E-state index contributed by atoms with van der Waals surface area (Å²) in [6.07, 6.45) is 3.90. The van der Waals surface area contributed by atoms with Crippen LogP contribution in [0.5, 0.6) is 0 Å². The smallest absolute Gasteiger partial charge is 0.236 e. The number of hydrogen-bond acceptors (Lipinski definition) is 3. The summed E-state index contributed by atoms with van der Waals surface area (Å²) in [6, 6.07) is 0.305. The number of amides is 1. The molecule has 2 atom stereocenters. The van der Waals surface area contributed by atoms with Gasteiger partial charge in [0.05, 0.1) is 12.6 Å². The van der Waals surface area contributed by atoms with Crippen LogP contribution in [-0.4, -0.2) is 49.7 Å². The van der Waals surface area contributed by atoms with Gasteiger partial charge in [0.15, 0.2) is 0 Å². The van der Waals surface area contributed by atoms with Crippen molar-refractivity contribution in [3.05, 3.63) is 0 Å². The van der Waals surface area contributed by atoms with E-state index in [2.05, 4.69) is 19.2 Å². The van der Waals surface area contributed by atoms with Gasteiger partial charge in [-0.1, -0.05) is 13.8 Å². The van der Waals surface area contributed by atoms with Gasteiger partial charge in [-0.25, -0.2) is 0 Å². The predicted octanol–water partition coefficient (Wildman–Crippen LogP) is 1.65. The van der Waals surface area contributed by atoms with Gasteiger partial charge in [0.25, 0.3) is 0 Å². The van der Waals surface area contributed by atoms with Crippen molar-refractivity contribution in [3.63, 3.8) is 0 Å². The third-order valence-electron chi connectivity index (χ3n) is 4.76. The van der Waals surface area contributed by atoms with Gasteiger partial charge in [0.2, 0.25) is 5.91 Å². The third kappa shape index (κ3) is 3.29. The summed E-state index contributed by atoms with van der Waals surface area (Å²) >= 11 is 0. The largest absolute Gasteiger partial charge is 0.378 e. The minimum atomic E-state index is 0.0664. The summed E-state index contributed by atoms with van der Waals surface area (Å²) in [4.78, 5) is 14.1. The van der Waals surface area contributed by atoms with Crippen LogP contribution >= 0.6 is 0 Å².